The summed E-state index contributed by atoms with van der Waals surface area (Å²) < 4.78 is 23.5. The van der Waals surface area contributed by atoms with E-state index < -0.39 is 29.8 Å². The zero-order chi connectivity index (χ0) is 16.3. The number of carboxylic acid groups (broad SMARTS) is 1. The van der Waals surface area contributed by atoms with Gasteiger partial charge >= 0.3 is 5.97 Å². The van der Waals surface area contributed by atoms with Crippen molar-refractivity contribution >= 4 is 23.5 Å². The lowest BCUT2D eigenvalue weighted by Gasteiger charge is -2.34. The van der Waals surface area contributed by atoms with E-state index in [2.05, 4.69) is 0 Å². The van der Waals surface area contributed by atoms with Crippen LogP contribution in [0.3, 0.4) is 0 Å². The van der Waals surface area contributed by atoms with E-state index in [1.54, 1.807) is 0 Å². The molecule has 0 bridgehead atoms. The van der Waals surface area contributed by atoms with E-state index in [9.17, 15) is 14.0 Å². The standard InChI is InChI=1S/C14H15ClFNO5/c1-8(22-12-3-2-9(16)6-10(12)15)13(18)17-4-5-21-7-11(17)14(19)20/h2-3,6,8,11H,4-5,7H2,1H3,(H,19,20)/t8-,11-/m0/s1. The summed E-state index contributed by atoms with van der Waals surface area (Å²) in [6.07, 6.45) is -0.956. The Morgan fingerprint density at radius 3 is 2.91 bits per heavy atom. The number of nitrogens with zero attached hydrogens (tertiary/aromatic N) is 1. The Morgan fingerprint density at radius 2 is 2.27 bits per heavy atom. The number of carbonyl (C=O) groups is 2. The normalized spacial score (nSPS) is 19.6. The zero-order valence-corrected chi connectivity index (χ0v) is 12.5. The topological polar surface area (TPSA) is 76.1 Å². The van der Waals surface area contributed by atoms with Gasteiger partial charge in [0.15, 0.2) is 12.1 Å². The van der Waals surface area contributed by atoms with Crippen molar-refractivity contribution < 1.29 is 28.6 Å². The summed E-state index contributed by atoms with van der Waals surface area (Å²) in [6.45, 7) is 1.85. The van der Waals surface area contributed by atoms with Crippen LogP contribution >= 0.6 is 11.6 Å². The van der Waals surface area contributed by atoms with Crippen LogP contribution in [0.5, 0.6) is 5.75 Å². The number of ether oxygens (including phenoxy) is 2. The maximum absolute atomic E-state index is 13.0. The van der Waals surface area contributed by atoms with Crippen LogP contribution in [-0.2, 0) is 14.3 Å². The molecule has 0 aromatic heterocycles. The first-order valence-corrected chi connectivity index (χ1v) is 7.00. The summed E-state index contributed by atoms with van der Waals surface area (Å²) in [6, 6.07) is 2.50. The molecule has 0 saturated carbocycles. The van der Waals surface area contributed by atoms with E-state index in [1.165, 1.54) is 17.9 Å². The third kappa shape index (κ3) is 3.66. The van der Waals surface area contributed by atoms with Crippen molar-refractivity contribution in [2.24, 2.45) is 0 Å². The molecule has 6 nitrogen and oxygen atoms in total. The Morgan fingerprint density at radius 1 is 1.55 bits per heavy atom. The van der Waals surface area contributed by atoms with Gasteiger partial charge in [0.25, 0.3) is 5.91 Å². The molecule has 1 saturated heterocycles. The molecule has 8 heteroatoms. The SMILES string of the molecule is C[C@H](Oc1ccc(F)cc1Cl)C(=O)N1CCOC[C@H]1C(=O)O. The predicted molar refractivity (Wildman–Crippen MR) is 75.5 cm³/mol. The van der Waals surface area contributed by atoms with Gasteiger partial charge in [0.2, 0.25) is 0 Å². The molecule has 0 unspecified atom stereocenters. The Labute approximate surface area is 131 Å². The van der Waals surface area contributed by atoms with Crippen molar-refractivity contribution in [1.29, 1.82) is 0 Å². The maximum Gasteiger partial charge on any atom is 0.328 e. The highest BCUT2D eigenvalue weighted by Crippen LogP contribution is 2.26. The minimum Gasteiger partial charge on any atom is -0.480 e. The van der Waals surface area contributed by atoms with Gasteiger partial charge < -0.3 is 19.5 Å². The van der Waals surface area contributed by atoms with Crippen LogP contribution in [0.2, 0.25) is 5.02 Å². The first kappa shape index (κ1) is 16.5. The summed E-state index contributed by atoms with van der Waals surface area (Å²) in [5.74, 6) is -1.99. The van der Waals surface area contributed by atoms with E-state index in [4.69, 9.17) is 26.2 Å². The van der Waals surface area contributed by atoms with Crippen LogP contribution in [0.15, 0.2) is 18.2 Å². The molecule has 1 N–H and O–H groups in total. The van der Waals surface area contributed by atoms with E-state index >= 15 is 0 Å². The third-order valence-corrected chi connectivity index (χ3v) is 3.54. The summed E-state index contributed by atoms with van der Waals surface area (Å²) in [5.41, 5.74) is 0. The van der Waals surface area contributed by atoms with Crippen LogP contribution in [0.4, 0.5) is 4.39 Å². The van der Waals surface area contributed by atoms with Gasteiger partial charge in [-0.1, -0.05) is 11.6 Å². The summed E-state index contributed by atoms with van der Waals surface area (Å²) in [4.78, 5) is 24.7. The highest BCUT2D eigenvalue weighted by Gasteiger charge is 2.35. The Balaban J connectivity index is 2.09. The average Bonchev–Trinajstić information content (AvgIpc) is 2.49. The summed E-state index contributed by atoms with van der Waals surface area (Å²) in [7, 11) is 0. The van der Waals surface area contributed by atoms with Crippen molar-refractivity contribution in [1.82, 2.24) is 4.90 Å². The van der Waals surface area contributed by atoms with Gasteiger partial charge in [-0.15, -0.1) is 0 Å². The number of benzene rings is 1. The Hall–Kier alpha value is -1.86. The first-order valence-electron chi connectivity index (χ1n) is 6.63. The minimum absolute atomic E-state index is 0.0383. The van der Waals surface area contributed by atoms with Crippen LogP contribution in [0.25, 0.3) is 0 Å². The third-order valence-electron chi connectivity index (χ3n) is 3.24. The van der Waals surface area contributed by atoms with Gasteiger partial charge in [0.05, 0.1) is 18.2 Å². The van der Waals surface area contributed by atoms with Crippen molar-refractivity contribution in [3.63, 3.8) is 0 Å². The maximum atomic E-state index is 13.0. The molecule has 1 amide bonds. The average molecular weight is 332 g/mol. The number of hydrogen-bond donors (Lipinski definition) is 1. The molecule has 0 radical (unpaired) electrons. The molecular formula is C14H15ClFNO5. The number of hydrogen-bond acceptors (Lipinski definition) is 4. The lowest BCUT2D eigenvalue weighted by Crippen LogP contribution is -2.55. The fourth-order valence-corrected chi connectivity index (χ4v) is 2.33. The Kier molecular flexibility index (Phi) is 5.20. The minimum atomic E-state index is -1.14. The summed E-state index contributed by atoms with van der Waals surface area (Å²) in [5, 5.41) is 9.16. The lowest BCUT2D eigenvalue weighted by molar-refractivity contribution is -0.161. The van der Waals surface area contributed by atoms with E-state index in [1.807, 2.05) is 0 Å². The number of amides is 1. The van der Waals surface area contributed by atoms with Gasteiger partial charge in [-0.3, -0.25) is 4.79 Å². The predicted octanol–water partition coefficient (Wildman–Crippen LogP) is 1.56. The van der Waals surface area contributed by atoms with Gasteiger partial charge in [-0.2, -0.15) is 0 Å². The van der Waals surface area contributed by atoms with Crippen LogP contribution in [-0.4, -0.2) is 53.8 Å². The number of carboxylic acids is 1. The molecule has 120 valence electrons. The largest absolute Gasteiger partial charge is 0.480 e. The molecule has 0 aliphatic carbocycles. The van der Waals surface area contributed by atoms with Gasteiger partial charge in [-0.25, -0.2) is 9.18 Å². The number of halogens is 2. The highest BCUT2D eigenvalue weighted by atomic mass is 35.5. The number of carbonyl (C=O) groups excluding carboxylic acids is 1. The molecule has 1 fully saturated rings. The van der Waals surface area contributed by atoms with Crippen LogP contribution in [0, 0.1) is 5.82 Å². The zero-order valence-electron chi connectivity index (χ0n) is 11.8. The van der Waals surface area contributed by atoms with Gasteiger partial charge in [-0.05, 0) is 25.1 Å². The van der Waals surface area contributed by atoms with Crippen molar-refractivity contribution in [3.8, 4) is 5.75 Å². The van der Waals surface area contributed by atoms with Crippen molar-refractivity contribution in [3.05, 3.63) is 29.0 Å². The lowest BCUT2D eigenvalue weighted by atomic mass is 10.2. The first-order chi connectivity index (χ1) is 10.4. The highest BCUT2D eigenvalue weighted by molar-refractivity contribution is 6.32. The van der Waals surface area contributed by atoms with Gasteiger partial charge in [0, 0.05) is 6.54 Å². The molecule has 1 aromatic carbocycles. The van der Waals surface area contributed by atoms with E-state index in [0.717, 1.165) is 12.1 Å². The molecule has 2 atom stereocenters. The summed E-state index contributed by atoms with van der Waals surface area (Å²) >= 11 is 5.84. The quantitative estimate of drug-likeness (QED) is 0.906. The molecule has 1 aromatic rings. The second-order valence-electron chi connectivity index (χ2n) is 4.80. The van der Waals surface area contributed by atoms with Crippen molar-refractivity contribution in [2.75, 3.05) is 19.8 Å². The number of morpholine rings is 1. The monoisotopic (exact) mass is 331 g/mol. The molecule has 1 aliphatic heterocycles. The molecular weight excluding hydrogens is 317 g/mol. The van der Waals surface area contributed by atoms with E-state index in [-0.39, 0.29) is 30.5 Å². The molecule has 2 rings (SSSR count). The Bertz CT molecular complexity index is 582. The smallest absolute Gasteiger partial charge is 0.328 e. The second kappa shape index (κ2) is 6.93. The molecule has 1 aliphatic rings. The van der Waals surface area contributed by atoms with E-state index in [0.29, 0.717) is 0 Å². The number of aliphatic carboxylic acids is 1. The van der Waals surface area contributed by atoms with Crippen LogP contribution in [0.1, 0.15) is 6.92 Å². The molecule has 22 heavy (non-hydrogen) atoms. The van der Waals surface area contributed by atoms with Crippen molar-refractivity contribution in [2.45, 2.75) is 19.1 Å². The fourth-order valence-electron chi connectivity index (χ4n) is 2.12. The van der Waals surface area contributed by atoms with Crippen LogP contribution < -0.4 is 4.74 Å². The molecule has 0 spiro atoms. The van der Waals surface area contributed by atoms with Gasteiger partial charge in [0.1, 0.15) is 11.6 Å². The number of rotatable bonds is 4. The fraction of sp³-hybridized carbons (Fsp3) is 0.429. The second-order valence-corrected chi connectivity index (χ2v) is 5.20. The molecule has 1 heterocycles.